The third kappa shape index (κ3) is 2.01. The van der Waals surface area contributed by atoms with Crippen molar-refractivity contribution in [3.05, 3.63) is 40.6 Å². The van der Waals surface area contributed by atoms with Crippen molar-refractivity contribution < 1.29 is 0 Å². The van der Waals surface area contributed by atoms with Gasteiger partial charge in [-0.2, -0.15) is 5.10 Å². The summed E-state index contributed by atoms with van der Waals surface area (Å²) in [5.74, 6) is 1.18. The van der Waals surface area contributed by atoms with Crippen LogP contribution in [0.4, 0.5) is 5.82 Å². The molecule has 0 atom stereocenters. The molecule has 3 heteroatoms. The molecule has 1 N–H and O–H groups in total. The fourth-order valence-corrected chi connectivity index (χ4v) is 2.82. The predicted octanol–water partition coefficient (Wildman–Crippen LogP) is 3.75. The van der Waals surface area contributed by atoms with Crippen LogP contribution >= 0.6 is 0 Å². The molecular weight excluding hydrogens is 246 g/mol. The average molecular weight is 269 g/mol. The summed E-state index contributed by atoms with van der Waals surface area (Å²) in [7, 11) is 0. The van der Waals surface area contributed by atoms with Crippen molar-refractivity contribution in [2.24, 2.45) is 0 Å². The van der Waals surface area contributed by atoms with E-state index in [4.69, 9.17) is 5.10 Å². The zero-order valence-electron chi connectivity index (χ0n) is 13.0. The summed E-state index contributed by atoms with van der Waals surface area (Å²) in [6.07, 6.45) is 1.08. The van der Waals surface area contributed by atoms with E-state index in [2.05, 4.69) is 62.8 Å². The minimum absolute atomic E-state index is 0.0844. The first-order valence-electron chi connectivity index (χ1n) is 7.32. The molecule has 1 aliphatic rings. The Bertz CT molecular complexity index is 660. The molecule has 0 unspecified atom stereocenters. The summed E-state index contributed by atoms with van der Waals surface area (Å²) in [5.41, 5.74) is 6.46. The number of benzene rings is 1. The number of fused-ring (bicyclic) bond motifs is 1. The van der Waals surface area contributed by atoms with E-state index < -0.39 is 0 Å². The van der Waals surface area contributed by atoms with Gasteiger partial charge in [-0.3, -0.25) is 0 Å². The van der Waals surface area contributed by atoms with Gasteiger partial charge in [-0.1, -0.05) is 26.8 Å². The molecule has 0 fully saturated rings. The van der Waals surface area contributed by atoms with Crippen molar-refractivity contribution in [1.82, 2.24) is 9.78 Å². The molecule has 3 nitrogen and oxygen atoms in total. The zero-order chi connectivity index (χ0) is 14.5. The van der Waals surface area contributed by atoms with E-state index in [1.165, 1.54) is 28.2 Å². The summed E-state index contributed by atoms with van der Waals surface area (Å²) in [4.78, 5) is 0. The van der Waals surface area contributed by atoms with Gasteiger partial charge in [0.1, 0.15) is 5.82 Å². The van der Waals surface area contributed by atoms with Crippen LogP contribution in [0, 0.1) is 13.8 Å². The number of rotatable bonds is 1. The molecule has 1 aromatic heterocycles. The van der Waals surface area contributed by atoms with Gasteiger partial charge in [-0.15, -0.1) is 0 Å². The lowest BCUT2D eigenvalue weighted by Gasteiger charge is -2.16. The Morgan fingerprint density at radius 3 is 2.55 bits per heavy atom. The molecule has 0 spiro atoms. The van der Waals surface area contributed by atoms with Gasteiger partial charge in [-0.25, -0.2) is 4.68 Å². The maximum atomic E-state index is 4.90. The topological polar surface area (TPSA) is 29.9 Å². The van der Waals surface area contributed by atoms with E-state index in [9.17, 15) is 0 Å². The molecular formula is C17H23N3. The lowest BCUT2D eigenvalue weighted by Crippen LogP contribution is -2.15. The first kappa shape index (κ1) is 13.2. The van der Waals surface area contributed by atoms with Crippen LogP contribution in [-0.4, -0.2) is 16.3 Å². The summed E-state index contributed by atoms with van der Waals surface area (Å²) < 4.78 is 2.08. The first-order chi connectivity index (χ1) is 9.38. The standard InChI is InChI=1S/C17H23N3/c1-11-6-7-13(10-12(11)2)20-16-14(8-9-18-16)15(19-20)17(3,4)5/h6-7,10,18H,8-9H2,1-5H3. The second-order valence-electron chi connectivity index (χ2n) is 6.78. The monoisotopic (exact) mass is 269 g/mol. The van der Waals surface area contributed by atoms with Crippen molar-refractivity contribution in [3.8, 4) is 5.69 Å². The lowest BCUT2D eigenvalue weighted by atomic mass is 9.89. The fraction of sp³-hybridized carbons (Fsp3) is 0.471. The highest BCUT2D eigenvalue weighted by molar-refractivity contribution is 5.58. The van der Waals surface area contributed by atoms with Gasteiger partial charge < -0.3 is 5.32 Å². The summed E-state index contributed by atoms with van der Waals surface area (Å²) in [6.45, 7) is 12.0. The summed E-state index contributed by atoms with van der Waals surface area (Å²) in [6, 6.07) is 6.54. The molecule has 0 aliphatic carbocycles. The average Bonchev–Trinajstić information content (AvgIpc) is 2.92. The molecule has 0 bridgehead atoms. The highest BCUT2D eigenvalue weighted by Crippen LogP contribution is 2.35. The number of nitrogens with zero attached hydrogens (tertiary/aromatic N) is 2. The van der Waals surface area contributed by atoms with Crippen molar-refractivity contribution >= 4 is 5.82 Å². The Kier molecular flexibility index (Phi) is 2.89. The van der Waals surface area contributed by atoms with E-state index in [1.807, 2.05) is 0 Å². The third-order valence-electron chi connectivity index (χ3n) is 4.10. The molecule has 0 saturated heterocycles. The van der Waals surface area contributed by atoms with Gasteiger partial charge in [0.05, 0.1) is 11.4 Å². The molecule has 106 valence electrons. The van der Waals surface area contributed by atoms with Crippen LogP contribution in [-0.2, 0) is 11.8 Å². The Hall–Kier alpha value is -1.77. The van der Waals surface area contributed by atoms with Crippen LogP contribution in [0.2, 0.25) is 0 Å². The minimum atomic E-state index is 0.0844. The molecule has 0 saturated carbocycles. The second-order valence-corrected chi connectivity index (χ2v) is 6.78. The Balaban J connectivity index is 2.17. The molecule has 0 radical (unpaired) electrons. The number of aryl methyl sites for hydroxylation is 2. The first-order valence-corrected chi connectivity index (χ1v) is 7.32. The van der Waals surface area contributed by atoms with Crippen LogP contribution in [0.5, 0.6) is 0 Å². The summed E-state index contributed by atoms with van der Waals surface area (Å²) in [5, 5.41) is 8.39. The summed E-state index contributed by atoms with van der Waals surface area (Å²) >= 11 is 0. The number of hydrogen-bond donors (Lipinski definition) is 1. The van der Waals surface area contributed by atoms with Crippen LogP contribution in [0.3, 0.4) is 0 Å². The van der Waals surface area contributed by atoms with Crippen molar-refractivity contribution in [1.29, 1.82) is 0 Å². The van der Waals surface area contributed by atoms with Gasteiger partial charge in [0.25, 0.3) is 0 Å². The van der Waals surface area contributed by atoms with Crippen molar-refractivity contribution in [3.63, 3.8) is 0 Å². The van der Waals surface area contributed by atoms with E-state index in [1.54, 1.807) is 0 Å². The van der Waals surface area contributed by atoms with Gasteiger partial charge in [-0.05, 0) is 43.5 Å². The zero-order valence-corrected chi connectivity index (χ0v) is 13.0. The normalized spacial score (nSPS) is 14.2. The largest absolute Gasteiger partial charge is 0.369 e. The number of nitrogens with one attached hydrogen (secondary N) is 1. The van der Waals surface area contributed by atoms with Gasteiger partial charge in [0.2, 0.25) is 0 Å². The second kappa shape index (κ2) is 4.37. The molecule has 1 aromatic carbocycles. The minimum Gasteiger partial charge on any atom is -0.369 e. The smallest absolute Gasteiger partial charge is 0.133 e. The predicted molar refractivity (Wildman–Crippen MR) is 83.9 cm³/mol. The molecule has 3 rings (SSSR count). The highest BCUT2D eigenvalue weighted by atomic mass is 15.3. The molecule has 0 amide bonds. The van der Waals surface area contributed by atoms with Crippen LogP contribution in [0.25, 0.3) is 5.69 Å². The quantitative estimate of drug-likeness (QED) is 0.854. The maximum absolute atomic E-state index is 4.90. The lowest BCUT2D eigenvalue weighted by molar-refractivity contribution is 0.554. The van der Waals surface area contributed by atoms with Gasteiger partial charge in [0, 0.05) is 17.5 Å². The third-order valence-corrected chi connectivity index (χ3v) is 4.10. The van der Waals surface area contributed by atoms with Crippen LogP contribution in [0.1, 0.15) is 43.2 Å². The number of aromatic nitrogens is 2. The van der Waals surface area contributed by atoms with Gasteiger partial charge in [0.15, 0.2) is 0 Å². The SMILES string of the molecule is Cc1ccc(-n2nc(C(C)(C)C)c3c2NCC3)cc1C. The van der Waals surface area contributed by atoms with E-state index in [0.717, 1.165) is 18.7 Å². The Morgan fingerprint density at radius 1 is 1.15 bits per heavy atom. The Morgan fingerprint density at radius 2 is 1.90 bits per heavy atom. The van der Waals surface area contributed by atoms with Crippen molar-refractivity contribution in [2.45, 2.75) is 46.5 Å². The molecule has 2 aromatic rings. The van der Waals surface area contributed by atoms with Crippen LogP contribution in [0.15, 0.2) is 18.2 Å². The van der Waals surface area contributed by atoms with Gasteiger partial charge >= 0.3 is 0 Å². The highest BCUT2D eigenvalue weighted by Gasteiger charge is 2.29. The van der Waals surface area contributed by atoms with Crippen molar-refractivity contribution in [2.75, 3.05) is 11.9 Å². The molecule has 2 heterocycles. The van der Waals surface area contributed by atoms with Crippen LogP contribution < -0.4 is 5.32 Å². The molecule has 20 heavy (non-hydrogen) atoms. The maximum Gasteiger partial charge on any atom is 0.133 e. The molecule has 1 aliphatic heterocycles. The fourth-order valence-electron chi connectivity index (χ4n) is 2.82. The Labute approximate surface area is 121 Å². The number of hydrogen-bond acceptors (Lipinski definition) is 2. The van der Waals surface area contributed by atoms with E-state index >= 15 is 0 Å². The van der Waals surface area contributed by atoms with E-state index in [-0.39, 0.29) is 5.41 Å². The number of anilines is 1. The van der Waals surface area contributed by atoms with E-state index in [0.29, 0.717) is 0 Å².